The van der Waals surface area contributed by atoms with Crippen LogP contribution in [0.15, 0.2) is 12.1 Å². The number of hydrogen-bond donors (Lipinski definition) is 1. The molecule has 0 bridgehead atoms. The van der Waals surface area contributed by atoms with E-state index in [2.05, 4.69) is 5.32 Å². The first-order valence-corrected chi connectivity index (χ1v) is 7.21. The van der Waals surface area contributed by atoms with Crippen molar-refractivity contribution in [3.05, 3.63) is 22.7 Å². The van der Waals surface area contributed by atoms with E-state index in [0.717, 1.165) is 12.1 Å². The Labute approximate surface area is 131 Å². The lowest BCUT2D eigenvalue weighted by molar-refractivity contribution is 0.0706. The maximum Gasteiger partial charge on any atom is 0.179 e. The predicted molar refractivity (Wildman–Crippen MR) is 83.6 cm³/mol. The second kappa shape index (κ2) is 9.84. The van der Waals surface area contributed by atoms with Crippen molar-refractivity contribution in [2.75, 3.05) is 41.1 Å². The van der Waals surface area contributed by atoms with Gasteiger partial charge in [-0.3, -0.25) is 0 Å². The molecule has 1 N–H and O–H groups in total. The van der Waals surface area contributed by atoms with Crippen molar-refractivity contribution in [3.63, 3.8) is 0 Å². The van der Waals surface area contributed by atoms with Gasteiger partial charge in [0.15, 0.2) is 11.5 Å². The fourth-order valence-corrected chi connectivity index (χ4v) is 1.98. The van der Waals surface area contributed by atoms with Gasteiger partial charge >= 0.3 is 0 Å². The van der Waals surface area contributed by atoms with E-state index in [4.69, 9.17) is 30.5 Å². The van der Waals surface area contributed by atoms with Crippen LogP contribution >= 0.6 is 11.6 Å². The lowest BCUT2D eigenvalue weighted by Gasteiger charge is -2.16. The average molecular weight is 318 g/mol. The van der Waals surface area contributed by atoms with Crippen LogP contribution in [0.3, 0.4) is 0 Å². The first kappa shape index (κ1) is 18.0. The Hall–Kier alpha value is -1.01. The van der Waals surface area contributed by atoms with Crippen molar-refractivity contribution in [2.45, 2.75) is 19.6 Å². The van der Waals surface area contributed by atoms with E-state index in [1.165, 1.54) is 0 Å². The molecule has 0 aromatic heterocycles. The van der Waals surface area contributed by atoms with Crippen molar-refractivity contribution in [3.8, 4) is 11.5 Å². The number of rotatable bonds is 10. The minimum atomic E-state index is -0.0128. The lowest BCUT2D eigenvalue weighted by Crippen LogP contribution is -2.19. The van der Waals surface area contributed by atoms with Crippen LogP contribution in [0, 0.1) is 0 Å². The highest BCUT2D eigenvalue weighted by atomic mass is 35.5. The summed E-state index contributed by atoms with van der Waals surface area (Å²) >= 11 is 6.28. The highest BCUT2D eigenvalue weighted by Crippen LogP contribution is 2.36. The highest BCUT2D eigenvalue weighted by molar-refractivity contribution is 6.32. The van der Waals surface area contributed by atoms with Crippen molar-refractivity contribution in [1.82, 2.24) is 5.32 Å². The summed E-state index contributed by atoms with van der Waals surface area (Å²) in [7, 11) is 4.91. The molecule has 0 heterocycles. The van der Waals surface area contributed by atoms with Crippen molar-refractivity contribution >= 4 is 11.6 Å². The summed E-state index contributed by atoms with van der Waals surface area (Å²) in [6, 6.07) is 3.79. The summed E-state index contributed by atoms with van der Waals surface area (Å²) in [5, 5.41) is 3.79. The molecule has 120 valence electrons. The van der Waals surface area contributed by atoms with E-state index in [-0.39, 0.29) is 6.10 Å². The zero-order valence-corrected chi connectivity index (χ0v) is 13.8. The third-order valence-corrected chi connectivity index (χ3v) is 3.25. The summed E-state index contributed by atoms with van der Waals surface area (Å²) in [5.74, 6) is 1.16. The van der Waals surface area contributed by atoms with E-state index in [9.17, 15) is 0 Å². The molecule has 0 aliphatic rings. The molecule has 6 heteroatoms. The van der Waals surface area contributed by atoms with Crippen LogP contribution < -0.4 is 14.8 Å². The molecule has 0 saturated heterocycles. The predicted octanol–water partition coefficient (Wildman–Crippen LogP) is 2.50. The van der Waals surface area contributed by atoms with Crippen LogP contribution in [0.2, 0.25) is 5.02 Å². The molecule has 21 heavy (non-hydrogen) atoms. The second-order valence-electron chi connectivity index (χ2n) is 4.64. The molecule has 0 aliphatic carbocycles. The summed E-state index contributed by atoms with van der Waals surface area (Å²) in [5.41, 5.74) is 1.03. The van der Waals surface area contributed by atoms with Gasteiger partial charge in [-0.1, -0.05) is 11.6 Å². The molecule has 0 spiro atoms. The van der Waals surface area contributed by atoms with Gasteiger partial charge in [0.1, 0.15) is 6.61 Å². The van der Waals surface area contributed by atoms with Crippen molar-refractivity contribution < 1.29 is 18.9 Å². The molecular formula is C15H24ClNO4. The summed E-state index contributed by atoms with van der Waals surface area (Å²) in [6.07, 6.45) is -0.0128. The smallest absolute Gasteiger partial charge is 0.179 e. The fraction of sp³-hybridized carbons (Fsp3) is 0.600. The topological polar surface area (TPSA) is 49.0 Å². The summed E-state index contributed by atoms with van der Waals surface area (Å²) < 4.78 is 21.2. The Morgan fingerprint density at radius 3 is 2.62 bits per heavy atom. The van der Waals surface area contributed by atoms with Gasteiger partial charge in [0.05, 0.1) is 24.8 Å². The molecule has 1 unspecified atom stereocenters. The minimum absolute atomic E-state index is 0.0128. The Kier molecular flexibility index (Phi) is 8.45. The maximum atomic E-state index is 6.28. The molecule has 1 rings (SSSR count). The normalized spacial score (nSPS) is 12.2. The van der Waals surface area contributed by atoms with E-state index in [1.54, 1.807) is 21.3 Å². The maximum absolute atomic E-state index is 6.28. The van der Waals surface area contributed by atoms with E-state index < -0.39 is 0 Å². The van der Waals surface area contributed by atoms with Gasteiger partial charge in [0.25, 0.3) is 0 Å². The highest BCUT2D eigenvalue weighted by Gasteiger charge is 2.13. The average Bonchev–Trinajstić information content (AvgIpc) is 2.49. The van der Waals surface area contributed by atoms with Gasteiger partial charge in [0, 0.05) is 27.3 Å². The number of methoxy groups -OCH3 is 3. The Bertz CT molecular complexity index is 428. The van der Waals surface area contributed by atoms with Gasteiger partial charge in [-0.05, 0) is 24.6 Å². The number of hydrogen-bond acceptors (Lipinski definition) is 5. The summed E-state index contributed by atoms with van der Waals surface area (Å²) in [6.45, 7) is 4.47. The standard InChI is InChI=1S/C15H24ClNO4/c1-11(19-3)10-21-15-13(16)7-12(8-14(15)20-4)9-17-5-6-18-2/h7-8,11,17H,5-6,9-10H2,1-4H3. The van der Waals surface area contributed by atoms with Crippen LogP contribution in [0.1, 0.15) is 12.5 Å². The Morgan fingerprint density at radius 2 is 2.00 bits per heavy atom. The first-order chi connectivity index (χ1) is 10.1. The molecule has 1 atom stereocenters. The van der Waals surface area contributed by atoms with E-state index in [0.29, 0.717) is 36.3 Å². The third-order valence-electron chi connectivity index (χ3n) is 2.97. The van der Waals surface area contributed by atoms with Crippen LogP contribution in [-0.2, 0) is 16.0 Å². The van der Waals surface area contributed by atoms with Gasteiger partial charge in [0.2, 0.25) is 0 Å². The van der Waals surface area contributed by atoms with Crippen LogP contribution in [0.5, 0.6) is 11.5 Å². The lowest BCUT2D eigenvalue weighted by atomic mass is 10.2. The molecule has 0 saturated carbocycles. The van der Waals surface area contributed by atoms with Crippen molar-refractivity contribution in [2.24, 2.45) is 0 Å². The van der Waals surface area contributed by atoms with Gasteiger partial charge in [-0.15, -0.1) is 0 Å². The zero-order valence-electron chi connectivity index (χ0n) is 13.1. The second-order valence-corrected chi connectivity index (χ2v) is 5.04. The minimum Gasteiger partial charge on any atom is -0.493 e. The Morgan fingerprint density at radius 1 is 1.24 bits per heavy atom. The molecule has 0 aliphatic heterocycles. The number of benzene rings is 1. The molecule has 5 nitrogen and oxygen atoms in total. The molecule has 0 amide bonds. The number of nitrogens with one attached hydrogen (secondary N) is 1. The van der Waals surface area contributed by atoms with Crippen LogP contribution in [0.4, 0.5) is 0 Å². The first-order valence-electron chi connectivity index (χ1n) is 6.84. The number of ether oxygens (including phenoxy) is 4. The van der Waals surface area contributed by atoms with Gasteiger partial charge in [-0.2, -0.15) is 0 Å². The molecular weight excluding hydrogens is 294 g/mol. The summed E-state index contributed by atoms with van der Waals surface area (Å²) in [4.78, 5) is 0. The van der Waals surface area contributed by atoms with Gasteiger partial charge < -0.3 is 24.3 Å². The SMILES string of the molecule is COCCNCc1cc(Cl)c(OCC(C)OC)c(OC)c1. The van der Waals surface area contributed by atoms with Crippen molar-refractivity contribution in [1.29, 1.82) is 0 Å². The van der Waals surface area contributed by atoms with Crippen LogP contribution in [0.25, 0.3) is 0 Å². The molecule has 1 aromatic carbocycles. The van der Waals surface area contributed by atoms with E-state index >= 15 is 0 Å². The molecule has 1 aromatic rings. The Balaban J connectivity index is 2.72. The molecule has 0 fully saturated rings. The number of halogens is 1. The third kappa shape index (κ3) is 6.09. The fourth-order valence-electron chi connectivity index (χ4n) is 1.69. The molecule has 0 radical (unpaired) electrons. The van der Waals surface area contributed by atoms with Crippen LogP contribution in [-0.4, -0.2) is 47.2 Å². The largest absolute Gasteiger partial charge is 0.493 e. The van der Waals surface area contributed by atoms with Gasteiger partial charge in [-0.25, -0.2) is 0 Å². The van der Waals surface area contributed by atoms with E-state index in [1.807, 2.05) is 19.1 Å². The zero-order chi connectivity index (χ0) is 15.7. The monoisotopic (exact) mass is 317 g/mol. The quantitative estimate of drug-likeness (QED) is 0.672.